The van der Waals surface area contributed by atoms with Crippen molar-refractivity contribution >= 4 is 48.9 Å². The Kier molecular flexibility index (Phi) is 4.26. The molecule has 16 heavy (non-hydrogen) atoms. The van der Waals surface area contributed by atoms with Crippen LogP contribution in [0.25, 0.3) is 10.2 Å². The Labute approximate surface area is 106 Å². The van der Waals surface area contributed by atoms with Crippen molar-refractivity contribution in [3.05, 3.63) is 29.3 Å². The van der Waals surface area contributed by atoms with Crippen molar-refractivity contribution in [1.82, 2.24) is 4.98 Å². The number of thiazole rings is 1. The number of para-hydroxylation sites is 1. The molecule has 2 aromatic rings. The van der Waals surface area contributed by atoms with E-state index in [-0.39, 0.29) is 5.78 Å². The molecule has 0 radical (unpaired) electrons. The van der Waals surface area contributed by atoms with E-state index in [1.54, 1.807) is 21.6 Å². The first-order valence-corrected chi connectivity index (χ1v) is 8.40. The summed E-state index contributed by atoms with van der Waals surface area (Å²) in [6.45, 7) is 0. The Morgan fingerprint density at radius 2 is 2.25 bits per heavy atom. The molecule has 0 saturated heterocycles. The smallest absolute Gasteiger partial charge is 0.192 e. The quantitative estimate of drug-likeness (QED) is 0.468. The number of fused-ring (bicyclic) bond motifs is 1. The highest BCUT2D eigenvalue weighted by molar-refractivity contribution is 8.76. The van der Waals surface area contributed by atoms with Crippen molar-refractivity contribution in [1.29, 1.82) is 0 Å². The van der Waals surface area contributed by atoms with E-state index in [0.717, 1.165) is 16.0 Å². The summed E-state index contributed by atoms with van der Waals surface area (Å²) in [6, 6.07) is 7.86. The molecule has 1 heterocycles. The van der Waals surface area contributed by atoms with Gasteiger partial charge in [-0.1, -0.05) is 33.7 Å². The summed E-state index contributed by atoms with van der Waals surface area (Å²) in [4.78, 5) is 16.2. The van der Waals surface area contributed by atoms with Crippen LogP contribution in [0.5, 0.6) is 0 Å². The lowest BCUT2D eigenvalue weighted by atomic mass is 10.3. The molecule has 0 amide bonds. The molecule has 0 saturated carbocycles. The first-order chi connectivity index (χ1) is 7.81. The molecule has 5 heteroatoms. The van der Waals surface area contributed by atoms with Crippen LogP contribution in [0, 0.1) is 0 Å². The molecule has 0 N–H and O–H groups in total. The normalized spacial score (nSPS) is 10.8. The molecular weight excluding hydrogens is 258 g/mol. The monoisotopic (exact) mass is 269 g/mol. The molecule has 0 unspecified atom stereocenters. The van der Waals surface area contributed by atoms with Crippen molar-refractivity contribution in [3.8, 4) is 0 Å². The maximum absolute atomic E-state index is 11.8. The second kappa shape index (κ2) is 5.70. The summed E-state index contributed by atoms with van der Waals surface area (Å²) < 4.78 is 1.09. The van der Waals surface area contributed by atoms with Crippen molar-refractivity contribution in [2.45, 2.75) is 6.42 Å². The highest BCUT2D eigenvalue weighted by Crippen LogP contribution is 2.24. The fraction of sp³-hybridized carbons (Fsp3) is 0.273. The second-order valence-electron chi connectivity index (χ2n) is 3.15. The molecule has 2 nitrogen and oxygen atoms in total. The van der Waals surface area contributed by atoms with Gasteiger partial charge in [-0.3, -0.25) is 4.79 Å². The van der Waals surface area contributed by atoms with Crippen LogP contribution in [0.4, 0.5) is 0 Å². The van der Waals surface area contributed by atoms with Gasteiger partial charge in [0.05, 0.1) is 10.2 Å². The molecule has 0 aliphatic rings. The molecule has 1 aromatic carbocycles. The number of ketones is 1. The topological polar surface area (TPSA) is 30.0 Å². The summed E-state index contributed by atoms with van der Waals surface area (Å²) >= 11 is 1.49. The summed E-state index contributed by atoms with van der Waals surface area (Å²) in [5, 5.41) is 0.642. The van der Waals surface area contributed by atoms with Crippen molar-refractivity contribution < 1.29 is 4.79 Å². The highest BCUT2D eigenvalue weighted by Gasteiger charge is 2.11. The fourth-order valence-corrected chi connectivity index (χ4v) is 3.43. The predicted octanol–water partition coefficient (Wildman–Crippen LogP) is 3.88. The van der Waals surface area contributed by atoms with E-state index < -0.39 is 0 Å². The molecular formula is C11H11NOS3. The zero-order valence-electron chi connectivity index (χ0n) is 8.80. The van der Waals surface area contributed by atoms with Gasteiger partial charge >= 0.3 is 0 Å². The Bertz CT molecular complexity index is 462. The number of hydrogen-bond acceptors (Lipinski definition) is 5. The molecule has 0 atom stereocenters. The Balaban J connectivity index is 2.11. The van der Waals surface area contributed by atoms with Crippen molar-refractivity contribution in [2.24, 2.45) is 0 Å². The Morgan fingerprint density at radius 3 is 3.00 bits per heavy atom. The van der Waals surface area contributed by atoms with Crippen LogP contribution in [-0.4, -0.2) is 22.8 Å². The minimum absolute atomic E-state index is 0.155. The average molecular weight is 269 g/mol. The third-order valence-electron chi connectivity index (χ3n) is 2.06. The van der Waals surface area contributed by atoms with Gasteiger partial charge in [-0.15, -0.1) is 11.3 Å². The van der Waals surface area contributed by atoms with E-state index in [1.165, 1.54) is 11.3 Å². The molecule has 0 bridgehead atoms. The number of carbonyl (C=O) groups excluding carboxylic acids is 1. The van der Waals surface area contributed by atoms with Crippen LogP contribution < -0.4 is 0 Å². The van der Waals surface area contributed by atoms with Crippen LogP contribution in [0.1, 0.15) is 16.2 Å². The summed E-state index contributed by atoms with van der Waals surface area (Å²) in [7, 11) is 3.40. The molecule has 1 aromatic heterocycles. The van der Waals surface area contributed by atoms with Crippen LogP contribution >= 0.6 is 32.9 Å². The van der Waals surface area contributed by atoms with Gasteiger partial charge < -0.3 is 0 Å². The zero-order chi connectivity index (χ0) is 11.4. The molecule has 0 fully saturated rings. The Hall–Kier alpha value is -0.520. The lowest BCUT2D eigenvalue weighted by Crippen LogP contribution is -1.98. The molecule has 0 spiro atoms. The lowest BCUT2D eigenvalue weighted by molar-refractivity contribution is 0.0989. The summed E-state index contributed by atoms with van der Waals surface area (Å²) in [5.41, 5.74) is 0.924. The molecule has 84 valence electrons. The Morgan fingerprint density at radius 1 is 1.44 bits per heavy atom. The standard InChI is InChI=1S/C11H11NOS3/c1-14-15-7-6-9(13)11-12-8-4-2-3-5-10(8)16-11/h2-5H,6-7H2,1H3. The number of benzene rings is 1. The van der Waals surface area contributed by atoms with Crippen LogP contribution in [0.2, 0.25) is 0 Å². The third kappa shape index (κ3) is 2.78. The largest absolute Gasteiger partial charge is 0.291 e. The molecule has 0 aliphatic heterocycles. The van der Waals surface area contributed by atoms with E-state index in [9.17, 15) is 4.79 Å². The lowest BCUT2D eigenvalue weighted by Gasteiger charge is -1.94. The minimum Gasteiger partial charge on any atom is -0.291 e. The third-order valence-corrected chi connectivity index (χ3v) is 4.95. The van der Waals surface area contributed by atoms with Crippen molar-refractivity contribution in [2.75, 3.05) is 12.0 Å². The number of Topliss-reactive ketones (excluding diaryl/α,β-unsaturated/α-hetero) is 1. The van der Waals surface area contributed by atoms with Gasteiger partial charge in [0.25, 0.3) is 0 Å². The second-order valence-corrected chi connectivity index (χ2v) is 6.86. The average Bonchev–Trinajstić information content (AvgIpc) is 2.73. The van der Waals surface area contributed by atoms with Crippen LogP contribution in [-0.2, 0) is 0 Å². The maximum Gasteiger partial charge on any atom is 0.192 e. The predicted molar refractivity (Wildman–Crippen MR) is 74.5 cm³/mol. The number of rotatable bonds is 5. The van der Waals surface area contributed by atoms with Gasteiger partial charge in [0, 0.05) is 12.2 Å². The van der Waals surface area contributed by atoms with E-state index >= 15 is 0 Å². The summed E-state index contributed by atoms with van der Waals surface area (Å²) in [6.07, 6.45) is 2.60. The molecule has 2 rings (SSSR count). The van der Waals surface area contributed by atoms with Crippen LogP contribution in [0.15, 0.2) is 24.3 Å². The van der Waals surface area contributed by atoms with Crippen molar-refractivity contribution in [3.63, 3.8) is 0 Å². The SMILES string of the molecule is CSSCCC(=O)c1nc2ccccc2s1. The number of carbonyl (C=O) groups is 1. The zero-order valence-corrected chi connectivity index (χ0v) is 11.3. The number of nitrogens with zero attached hydrogens (tertiary/aromatic N) is 1. The van der Waals surface area contributed by atoms with E-state index in [2.05, 4.69) is 4.98 Å². The fourth-order valence-electron chi connectivity index (χ4n) is 1.32. The van der Waals surface area contributed by atoms with Gasteiger partial charge in [0.15, 0.2) is 10.8 Å². The van der Waals surface area contributed by atoms with Gasteiger partial charge in [-0.2, -0.15) is 0 Å². The first-order valence-electron chi connectivity index (χ1n) is 4.85. The van der Waals surface area contributed by atoms with Gasteiger partial charge in [0.2, 0.25) is 0 Å². The van der Waals surface area contributed by atoms with Gasteiger partial charge in [-0.05, 0) is 18.4 Å². The maximum atomic E-state index is 11.8. The molecule has 0 aliphatic carbocycles. The van der Waals surface area contributed by atoms with Crippen LogP contribution in [0.3, 0.4) is 0 Å². The van der Waals surface area contributed by atoms with Gasteiger partial charge in [-0.25, -0.2) is 4.98 Å². The van der Waals surface area contributed by atoms with E-state index in [4.69, 9.17) is 0 Å². The van der Waals surface area contributed by atoms with Gasteiger partial charge in [0.1, 0.15) is 0 Å². The minimum atomic E-state index is 0.155. The summed E-state index contributed by atoms with van der Waals surface area (Å²) in [5.74, 6) is 1.01. The number of aromatic nitrogens is 1. The van der Waals surface area contributed by atoms with E-state index in [1.807, 2.05) is 30.5 Å². The van der Waals surface area contributed by atoms with E-state index in [0.29, 0.717) is 11.4 Å². The number of hydrogen-bond donors (Lipinski definition) is 0. The first kappa shape index (κ1) is 12.0. The highest BCUT2D eigenvalue weighted by atomic mass is 33.1.